The largest absolute Gasteiger partial charge is 0.342 e. The molecule has 26 heavy (non-hydrogen) atoms. The number of hydrogen-bond acceptors (Lipinski definition) is 4. The Hall–Kier alpha value is -2.83. The summed E-state index contributed by atoms with van der Waals surface area (Å²) in [5.41, 5.74) is 1.62. The third kappa shape index (κ3) is 2.83. The van der Waals surface area contributed by atoms with Crippen LogP contribution in [0.25, 0.3) is 11.1 Å². The summed E-state index contributed by atoms with van der Waals surface area (Å²) in [6.45, 7) is 0. The van der Waals surface area contributed by atoms with Gasteiger partial charge in [-0.25, -0.2) is 9.37 Å². The summed E-state index contributed by atoms with van der Waals surface area (Å²) in [4.78, 5) is 28.3. The van der Waals surface area contributed by atoms with Gasteiger partial charge in [-0.2, -0.15) is 0 Å². The van der Waals surface area contributed by atoms with Crippen molar-refractivity contribution in [3.8, 4) is 11.1 Å². The average Bonchev–Trinajstić information content (AvgIpc) is 3.40. The first kappa shape index (κ1) is 16.6. The van der Waals surface area contributed by atoms with Gasteiger partial charge in [0, 0.05) is 12.2 Å². The molecule has 2 saturated carbocycles. The number of nitrogens with one attached hydrogen (secondary N) is 2. The zero-order chi connectivity index (χ0) is 18.3. The highest BCUT2D eigenvalue weighted by Crippen LogP contribution is 2.45. The normalized spacial score (nSPS) is 23.0. The average molecular weight is 354 g/mol. The molecular formula is C19H19FN4O2. The molecule has 2 aromatic rings. The van der Waals surface area contributed by atoms with Gasteiger partial charge in [0.15, 0.2) is 0 Å². The molecule has 0 saturated heterocycles. The Morgan fingerprint density at radius 3 is 2.58 bits per heavy atom. The molecule has 6 nitrogen and oxygen atoms in total. The summed E-state index contributed by atoms with van der Waals surface area (Å²) >= 11 is 0. The maximum absolute atomic E-state index is 13.1. The third-order valence-corrected chi connectivity index (χ3v) is 5.30. The lowest BCUT2D eigenvalue weighted by atomic mass is 9.90. The maximum atomic E-state index is 13.1. The van der Waals surface area contributed by atoms with Gasteiger partial charge in [-0.1, -0.05) is 24.3 Å². The molecule has 1 heterocycles. The molecule has 134 valence electrons. The van der Waals surface area contributed by atoms with Gasteiger partial charge in [-0.05, 0) is 36.8 Å². The summed E-state index contributed by atoms with van der Waals surface area (Å²) in [7, 11) is 0. The lowest BCUT2D eigenvalue weighted by Gasteiger charge is -2.31. The highest BCUT2D eigenvalue weighted by Gasteiger charge is 2.45. The SMILES string of the molecule is N=CC(=O)NC1(c2ccc(-c3cncn(C4CC(F)C4)c3=O)cc2)CC1. The number of carbonyl (C=O) groups excluding carboxylic acids is 1. The molecule has 2 fully saturated rings. The molecule has 0 atom stereocenters. The van der Waals surface area contributed by atoms with E-state index in [0.29, 0.717) is 18.4 Å². The number of amides is 1. The van der Waals surface area contributed by atoms with Crippen LogP contribution < -0.4 is 10.9 Å². The second-order valence-electron chi connectivity index (χ2n) is 7.04. The summed E-state index contributed by atoms with van der Waals surface area (Å²) < 4.78 is 14.6. The molecule has 0 aliphatic heterocycles. The number of benzene rings is 1. The molecule has 2 aliphatic rings. The van der Waals surface area contributed by atoms with E-state index in [-0.39, 0.29) is 11.6 Å². The molecule has 1 aromatic heterocycles. The molecule has 0 spiro atoms. The van der Waals surface area contributed by atoms with Crippen molar-refractivity contribution in [2.75, 3.05) is 0 Å². The van der Waals surface area contributed by atoms with Gasteiger partial charge < -0.3 is 10.7 Å². The van der Waals surface area contributed by atoms with E-state index in [1.807, 2.05) is 24.3 Å². The van der Waals surface area contributed by atoms with Gasteiger partial charge in [0.05, 0.1) is 23.6 Å². The minimum atomic E-state index is -0.833. The molecule has 1 aromatic carbocycles. The monoisotopic (exact) mass is 354 g/mol. The van der Waals surface area contributed by atoms with Crippen molar-refractivity contribution in [1.29, 1.82) is 5.41 Å². The van der Waals surface area contributed by atoms with E-state index >= 15 is 0 Å². The lowest BCUT2D eigenvalue weighted by Crippen LogP contribution is -2.35. The Labute approximate surface area is 149 Å². The summed E-state index contributed by atoms with van der Waals surface area (Å²) in [6, 6.07) is 7.35. The first-order valence-electron chi connectivity index (χ1n) is 8.66. The highest BCUT2D eigenvalue weighted by molar-refractivity contribution is 6.25. The van der Waals surface area contributed by atoms with E-state index < -0.39 is 17.6 Å². The molecule has 0 bridgehead atoms. The Bertz CT molecular complexity index is 912. The fraction of sp³-hybridized carbons (Fsp3) is 0.368. The zero-order valence-electron chi connectivity index (χ0n) is 14.1. The van der Waals surface area contributed by atoms with Gasteiger partial charge in [0.2, 0.25) is 0 Å². The predicted octanol–water partition coefficient (Wildman–Crippen LogP) is 2.34. The fourth-order valence-corrected chi connectivity index (χ4v) is 3.48. The topological polar surface area (TPSA) is 87.8 Å². The number of nitrogens with zero attached hydrogens (tertiary/aromatic N) is 2. The van der Waals surface area contributed by atoms with Crippen LogP contribution in [0.4, 0.5) is 4.39 Å². The second-order valence-corrected chi connectivity index (χ2v) is 7.04. The molecule has 0 unspecified atom stereocenters. The van der Waals surface area contributed by atoms with Crippen LogP contribution in [-0.4, -0.2) is 27.8 Å². The standard InChI is InChI=1S/C19H19FN4O2/c20-14-7-15(8-14)24-11-22-10-16(18(24)26)12-1-3-13(4-2-12)19(5-6-19)23-17(25)9-21/h1-4,9-11,14-15,21H,5-8H2,(H,23,25). The van der Waals surface area contributed by atoms with Crippen LogP contribution >= 0.6 is 0 Å². The zero-order valence-corrected chi connectivity index (χ0v) is 14.1. The minimum absolute atomic E-state index is 0.115. The Balaban J connectivity index is 1.60. The highest BCUT2D eigenvalue weighted by atomic mass is 19.1. The van der Waals surface area contributed by atoms with Gasteiger partial charge in [-0.15, -0.1) is 0 Å². The maximum Gasteiger partial charge on any atom is 0.262 e. The number of aromatic nitrogens is 2. The van der Waals surface area contributed by atoms with Crippen molar-refractivity contribution in [2.24, 2.45) is 0 Å². The van der Waals surface area contributed by atoms with Crippen LogP contribution in [0.2, 0.25) is 0 Å². The molecule has 7 heteroatoms. The van der Waals surface area contributed by atoms with Crippen LogP contribution in [0.1, 0.15) is 37.3 Å². The van der Waals surface area contributed by atoms with Crippen LogP contribution in [0.15, 0.2) is 41.6 Å². The van der Waals surface area contributed by atoms with E-state index in [9.17, 15) is 14.0 Å². The first-order chi connectivity index (χ1) is 12.5. The smallest absolute Gasteiger partial charge is 0.262 e. The summed E-state index contributed by atoms with van der Waals surface area (Å²) in [5, 5.41) is 9.88. The molecule has 0 radical (unpaired) electrons. The molecule has 4 rings (SSSR count). The number of alkyl halides is 1. The van der Waals surface area contributed by atoms with E-state index in [2.05, 4.69) is 10.3 Å². The van der Waals surface area contributed by atoms with Gasteiger partial charge >= 0.3 is 0 Å². The van der Waals surface area contributed by atoms with E-state index in [0.717, 1.165) is 30.2 Å². The fourth-order valence-electron chi connectivity index (χ4n) is 3.48. The van der Waals surface area contributed by atoms with Crippen molar-refractivity contribution in [3.63, 3.8) is 0 Å². The minimum Gasteiger partial charge on any atom is -0.342 e. The Kier molecular flexibility index (Phi) is 3.94. The van der Waals surface area contributed by atoms with E-state index in [4.69, 9.17) is 5.41 Å². The molecular weight excluding hydrogens is 335 g/mol. The quantitative estimate of drug-likeness (QED) is 0.808. The lowest BCUT2D eigenvalue weighted by molar-refractivity contribution is -0.115. The van der Waals surface area contributed by atoms with E-state index in [1.165, 1.54) is 17.1 Å². The molecule has 1 amide bonds. The van der Waals surface area contributed by atoms with Crippen LogP contribution in [0.3, 0.4) is 0 Å². The van der Waals surface area contributed by atoms with Gasteiger partial charge in [0.1, 0.15) is 6.17 Å². The van der Waals surface area contributed by atoms with E-state index in [1.54, 1.807) is 0 Å². The van der Waals surface area contributed by atoms with Gasteiger partial charge in [0.25, 0.3) is 11.5 Å². The summed E-state index contributed by atoms with van der Waals surface area (Å²) in [5.74, 6) is -0.409. The Morgan fingerprint density at radius 2 is 2.00 bits per heavy atom. The van der Waals surface area contributed by atoms with Crippen LogP contribution in [0.5, 0.6) is 0 Å². The van der Waals surface area contributed by atoms with Crippen molar-refractivity contribution in [2.45, 2.75) is 43.4 Å². The van der Waals surface area contributed by atoms with Crippen LogP contribution in [0, 0.1) is 5.41 Å². The molecule has 2 aliphatic carbocycles. The summed E-state index contributed by atoms with van der Waals surface area (Å²) in [6.07, 6.45) is 5.33. The van der Waals surface area contributed by atoms with Crippen molar-refractivity contribution < 1.29 is 9.18 Å². The predicted molar refractivity (Wildman–Crippen MR) is 94.9 cm³/mol. The first-order valence-corrected chi connectivity index (χ1v) is 8.66. The number of halogens is 1. The Morgan fingerprint density at radius 1 is 1.31 bits per heavy atom. The number of hydrogen-bond donors (Lipinski definition) is 2. The number of carbonyl (C=O) groups is 1. The van der Waals surface area contributed by atoms with Crippen molar-refractivity contribution in [3.05, 3.63) is 52.7 Å². The van der Waals surface area contributed by atoms with Crippen molar-refractivity contribution >= 4 is 12.1 Å². The van der Waals surface area contributed by atoms with Crippen LogP contribution in [-0.2, 0) is 10.3 Å². The van der Waals surface area contributed by atoms with Crippen molar-refractivity contribution in [1.82, 2.24) is 14.9 Å². The third-order valence-electron chi connectivity index (χ3n) is 5.30. The second kappa shape index (κ2) is 6.16. The molecule has 2 N–H and O–H groups in total. The van der Waals surface area contributed by atoms with Gasteiger partial charge in [-0.3, -0.25) is 14.2 Å². The number of rotatable bonds is 5.